The first kappa shape index (κ1) is 15.7. The molecule has 5 heteroatoms. The van der Waals surface area contributed by atoms with E-state index >= 15 is 0 Å². The van der Waals surface area contributed by atoms with Crippen LogP contribution in [-0.4, -0.2) is 45.7 Å². The van der Waals surface area contributed by atoms with Crippen LogP contribution in [0.2, 0.25) is 0 Å². The van der Waals surface area contributed by atoms with E-state index in [9.17, 15) is 15.0 Å². The van der Waals surface area contributed by atoms with E-state index in [1.165, 1.54) is 12.1 Å². The van der Waals surface area contributed by atoms with Crippen LogP contribution in [0.25, 0.3) is 0 Å². The first-order chi connectivity index (χ1) is 8.68. The van der Waals surface area contributed by atoms with E-state index in [-0.39, 0.29) is 41.1 Å². The molecular formula is C14H12NaO4. The molecule has 2 rings (SSSR count). The molecule has 0 amide bonds. The molecule has 0 fully saturated rings. The summed E-state index contributed by atoms with van der Waals surface area (Å²) >= 11 is 0. The van der Waals surface area contributed by atoms with E-state index in [0.717, 1.165) is 0 Å². The van der Waals surface area contributed by atoms with E-state index in [0.29, 0.717) is 5.56 Å². The molecule has 19 heavy (non-hydrogen) atoms. The topological polar surface area (TPSA) is 66.8 Å². The van der Waals surface area contributed by atoms with Crippen molar-refractivity contribution in [2.45, 2.75) is 6.10 Å². The van der Waals surface area contributed by atoms with Crippen LogP contribution in [0.15, 0.2) is 54.6 Å². The van der Waals surface area contributed by atoms with Gasteiger partial charge in [-0.2, -0.15) is 0 Å². The monoisotopic (exact) mass is 267 g/mol. The Hall–Kier alpha value is -1.33. The fourth-order valence-electron chi connectivity index (χ4n) is 1.48. The molecule has 0 aliphatic rings. The van der Waals surface area contributed by atoms with E-state index in [4.69, 9.17) is 4.74 Å². The molecule has 1 atom stereocenters. The molecular weight excluding hydrogens is 255 g/mol. The van der Waals surface area contributed by atoms with Crippen molar-refractivity contribution in [3.63, 3.8) is 0 Å². The van der Waals surface area contributed by atoms with Crippen molar-refractivity contribution in [3.8, 4) is 11.5 Å². The molecule has 0 bridgehead atoms. The third kappa shape index (κ3) is 4.08. The van der Waals surface area contributed by atoms with E-state index < -0.39 is 12.1 Å². The predicted octanol–water partition coefficient (Wildman–Crippen LogP) is 1.65. The number of phenolic OH excluding ortho intramolecular Hbond substituents is 1. The van der Waals surface area contributed by atoms with Crippen molar-refractivity contribution in [1.29, 1.82) is 0 Å². The number of aliphatic hydroxyl groups is 1. The Morgan fingerprint density at radius 3 is 2.21 bits per heavy atom. The average molecular weight is 267 g/mol. The van der Waals surface area contributed by atoms with Gasteiger partial charge in [0.15, 0.2) is 17.6 Å². The minimum atomic E-state index is -1.37. The number of aromatic hydroxyl groups is 1. The Bertz CT molecular complexity index is 542. The summed E-state index contributed by atoms with van der Waals surface area (Å²) in [5.41, 5.74) is 0.443. The minimum Gasteiger partial charge on any atom is -0.504 e. The summed E-state index contributed by atoms with van der Waals surface area (Å²) in [6.45, 7) is 0. The first-order valence-corrected chi connectivity index (χ1v) is 5.41. The molecule has 0 aliphatic heterocycles. The Morgan fingerprint density at radius 1 is 1.00 bits per heavy atom. The number of carbonyl (C=O) groups excluding carboxylic acids is 1. The quantitative estimate of drug-likeness (QED) is 0.504. The van der Waals surface area contributed by atoms with E-state index in [1.807, 2.05) is 0 Å². The van der Waals surface area contributed by atoms with Crippen LogP contribution in [0.4, 0.5) is 0 Å². The number of aliphatic hydroxyl groups excluding tert-OH is 1. The van der Waals surface area contributed by atoms with Gasteiger partial charge in [0.2, 0.25) is 0 Å². The number of hydrogen-bond donors (Lipinski definition) is 2. The molecule has 1 unspecified atom stereocenters. The number of rotatable bonds is 3. The summed E-state index contributed by atoms with van der Waals surface area (Å²) in [5, 5.41) is 19.2. The van der Waals surface area contributed by atoms with Gasteiger partial charge in [-0.25, -0.2) is 4.79 Å². The Morgan fingerprint density at radius 2 is 1.58 bits per heavy atom. The Labute approximate surface area is 132 Å². The molecule has 0 spiro atoms. The summed E-state index contributed by atoms with van der Waals surface area (Å²) < 4.78 is 4.92. The van der Waals surface area contributed by atoms with Crippen molar-refractivity contribution >= 4 is 35.5 Å². The van der Waals surface area contributed by atoms with Crippen molar-refractivity contribution in [3.05, 3.63) is 60.2 Å². The van der Waals surface area contributed by atoms with Crippen molar-refractivity contribution < 1.29 is 19.7 Å². The molecule has 1 radical (unpaired) electrons. The van der Waals surface area contributed by atoms with Gasteiger partial charge in [-0.3, -0.25) is 0 Å². The average Bonchev–Trinajstić information content (AvgIpc) is 2.41. The van der Waals surface area contributed by atoms with E-state index in [2.05, 4.69) is 0 Å². The molecule has 4 nitrogen and oxygen atoms in total. The predicted molar refractivity (Wildman–Crippen MR) is 70.9 cm³/mol. The van der Waals surface area contributed by atoms with Gasteiger partial charge >= 0.3 is 5.97 Å². The first-order valence-electron chi connectivity index (χ1n) is 5.41. The number of benzene rings is 2. The number of hydrogen-bond acceptors (Lipinski definition) is 4. The third-order valence-corrected chi connectivity index (χ3v) is 2.41. The van der Waals surface area contributed by atoms with Crippen LogP contribution in [0.3, 0.4) is 0 Å². The van der Waals surface area contributed by atoms with E-state index in [1.54, 1.807) is 42.5 Å². The summed E-state index contributed by atoms with van der Waals surface area (Å²) in [6.07, 6.45) is -1.37. The van der Waals surface area contributed by atoms with Crippen LogP contribution in [0, 0.1) is 0 Å². The van der Waals surface area contributed by atoms with Crippen molar-refractivity contribution in [1.82, 2.24) is 0 Å². The second-order valence-corrected chi connectivity index (χ2v) is 3.70. The van der Waals surface area contributed by atoms with Gasteiger partial charge in [0.05, 0.1) is 0 Å². The fraction of sp³-hybridized carbons (Fsp3) is 0.0714. The Kier molecular flexibility index (Phi) is 6.05. The van der Waals surface area contributed by atoms with Gasteiger partial charge in [-0.1, -0.05) is 42.5 Å². The van der Waals surface area contributed by atoms with Crippen molar-refractivity contribution in [2.24, 2.45) is 0 Å². The van der Waals surface area contributed by atoms with Gasteiger partial charge in [0.25, 0.3) is 0 Å². The van der Waals surface area contributed by atoms with Crippen LogP contribution in [-0.2, 0) is 4.79 Å². The standard InChI is InChI=1S/C14H12O4.Na/c15-11-8-4-5-9-12(11)18-14(17)13(16)10-6-2-1-3-7-10;/h1-9,13,15-16H;. The van der Waals surface area contributed by atoms with Gasteiger partial charge < -0.3 is 14.9 Å². The molecule has 0 heterocycles. The summed E-state index contributed by atoms with van der Waals surface area (Å²) in [6, 6.07) is 14.5. The Balaban J connectivity index is 0.00000180. The molecule has 2 aromatic carbocycles. The molecule has 0 saturated carbocycles. The SMILES string of the molecule is O=C(Oc1ccccc1O)C(O)c1ccccc1.[Na]. The number of phenols is 1. The fourth-order valence-corrected chi connectivity index (χ4v) is 1.48. The maximum absolute atomic E-state index is 11.7. The van der Waals surface area contributed by atoms with Gasteiger partial charge in [-0.05, 0) is 17.7 Å². The smallest absolute Gasteiger partial charge is 0.345 e. The molecule has 2 aromatic rings. The normalized spacial score (nSPS) is 11.2. The van der Waals surface area contributed by atoms with Crippen LogP contribution in [0.1, 0.15) is 11.7 Å². The van der Waals surface area contributed by atoms with Gasteiger partial charge in [0, 0.05) is 29.6 Å². The largest absolute Gasteiger partial charge is 0.504 e. The number of para-hydroxylation sites is 2. The second-order valence-electron chi connectivity index (χ2n) is 3.70. The second kappa shape index (κ2) is 7.31. The number of ether oxygens (including phenoxy) is 1. The zero-order valence-electron chi connectivity index (χ0n) is 10.5. The zero-order chi connectivity index (χ0) is 13.0. The third-order valence-electron chi connectivity index (χ3n) is 2.41. The maximum Gasteiger partial charge on any atom is 0.345 e. The molecule has 2 N–H and O–H groups in total. The number of esters is 1. The van der Waals surface area contributed by atoms with Crippen LogP contribution in [0.5, 0.6) is 11.5 Å². The van der Waals surface area contributed by atoms with Gasteiger partial charge in [-0.15, -0.1) is 0 Å². The molecule has 0 saturated heterocycles. The van der Waals surface area contributed by atoms with Crippen molar-refractivity contribution in [2.75, 3.05) is 0 Å². The molecule has 0 aliphatic carbocycles. The zero-order valence-corrected chi connectivity index (χ0v) is 12.5. The summed E-state index contributed by atoms with van der Waals surface area (Å²) in [7, 11) is 0. The maximum atomic E-state index is 11.7. The molecule has 0 aromatic heterocycles. The molecule has 93 valence electrons. The van der Waals surface area contributed by atoms with Gasteiger partial charge in [0.1, 0.15) is 0 Å². The van der Waals surface area contributed by atoms with Crippen LogP contribution >= 0.6 is 0 Å². The summed E-state index contributed by atoms with van der Waals surface area (Å²) in [4.78, 5) is 11.7. The van der Waals surface area contributed by atoms with Crippen LogP contribution < -0.4 is 4.74 Å². The minimum absolute atomic E-state index is 0. The number of carbonyl (C=O) groups is 1. The summed E-state index contributed by atoms with van der Waals surface area (Å²) in [5.74, 6) is -0.953.